The van der Waals surface area contributed by atoms with Crippen LogP contribution in [0.4, 0.5) is 0 Å². The highest BCUT2D eigenvalue weighted by atomic mass is 79.9. The van der Waals surface area contributed by atoms with E-state index in [0.29, 0.717) is 16.7 Å². The fourth-order valence-electron chi connectivity index (χ4n) is 1.85. The second-order valence-electron chi connectivity index (χ2n) is 4.84. The standard InChI is InChI=1S/C17H14BrN3O4/c18-14-5-6-15(22)13(9-14)10-19-20-17(24)12-3-1-2-11(8-12)4-7-16(23)21-25/h1-10,22,25H,(H,20,24)(H,21,23)/b7-4+,19-10+. The molecule has 2 aromatic rings. The summed E-state index contributed by atoms with van der Waals surface area (Å²) in [5.41, 5.74) is 5.22. The fourth-order valence-corrected chi connectivity index (χ4v) is 2.23. The minimum atomic E-state index is -0.673. The van der Waals surface area contributed by atoms with Crippen LogP contribution < -0.4 is 10.9 Å². The summed E-state index contributed by atoms with van der Waals surface area (Å²) in [6.07, 6.45) is 3.91. The van der Waals surface area contributed by atoms with E-state index in [1.165, 1.54) is 23.8 Å². The van der Waals surface area contributed by atoms with Crippen molar-refractivity contribution in [3.05, 3.63) is 69.7 Å². The number of carbonyl (C=O) groups is 2. The van der Waals surface area contributed by atoms with E-state index in [0.717, 1.165) is 10.5 Å². The van der Waals surface area contributed by atoms with Gasteiger partial charge in [0.25, 0.3) is 11.8 Å². The summed E-state index contributed by atoms with van der Waals surface area (Å²) in [6.45, 7) is 0. The molecule has 0 atom stereocenters. The van der Waals surface area contributed by atoms with Gasteiger partial charge in [-0.3, -0.25) is 14.8 Å². The zero-order valence-electron chi connectivity index (χ0n) is 12.8. The van der Waals surface area contributed by atoms with Crippen LogP contribution in [-0.2, 0) is 4.79 Å². The van der Waals surface area contributed by atoms with E-state index < -0.39 is 11.8 Å². The number of carbonyl (C=O) groups excluding carboxylic acids is 2. The largest absolute Gasteiger partial charge is 0.507 e. The molecular weight excluding hydrogens is 390 g/mol. The first-order valence-corrected chi connectivity index (χ1v) is 7.83. The molecule has 0 aliphatic rings. The number of hydrogen-bond acceptors (Lipinski definition) is 5. The number of aromatic hydroxyl groups is 1. The minimum Gasteiger partial charge on any atom is -0.507 e. The highest BCUT2D eigenvalue weighted by Crippen LogP contribution is 2.19. The average molecular weight is 404 g/mol. The van der Waals surface area contributed by atoms with Crippen molar-refractivity contribution in [3.8, 4) is 5.75 Å². The molecule has 0 unspecified atom stereocenters. The molecule has 0 heterocycles. The molecule has 0 saturated carbocycles. The van der Waals surface area contributed by atoms with Crippen molar-refractivity contribution >= 4 is 40.0 Å². The highest BCUT2D eigenvalue weighted by molar-refractivity contribution is 9.10. The van der Waals surface area contributed by atoms with Gasteiger partial charge in [0.05, 0.1) is 6.21 Å². The monoisotopic (exact) mass is 403 g/mol. The maximum Gasteiger partial charge on any atom is 0.271 e. The predicted molar refractivity (Wildman–Crippen MR) is 96.3 cm³/mol. The normalized spacial score (nSPS) is 11.0. The molecule has 0 aliphatic heterocycles. The number of phenolic OH excluding ortho intramolecular Hbond substituents is 1. The third-order valence-electron chi connectivity index (χ3n) is 3.05. The lowest BCUT2D eigenvalue weighted by atomic mass is 10.1. The Morgan fingerprint density at radius 3 is 2.72 bits per heavy atom. The number of phenols is 1. The van der Waals surface area contributed by atoms with Crippen LogP contribution in [-0.4, -0.2) is 28.3 Å². The molecule has 0 bridgehead atoms. The Balaban J connectivity index is 2.06. The van der Waals surface area contributed by atoms with Gasteiger partial charge in [-0.05, 0) is 42.0 Å². The lowest BCUT2D eigenvalue weighted by molar-refractivity contribution is -0.124. The molecule has 7 nitrogen and oxygen atoms in total. The molecule has 0 aliphatic carbocycles. The molecule has 0 radical (unpaired) electrons. The van der Waals surface area contributed by atoms with Gasteiger partial charge in [-0.15, -0.1) is 0 Å². The molecule has 0 aromatic heterocycles. The molecule has 0 saturated heterocycles. The van der Waals surface area contributed by atoms with Crippen LogP contribution in [0, 0.1) is 0 Å². The van der Waals surface area contributed by atoms with Crippen molar-refractivity contribution in [1.29, 1.82) is 0 Å². The van der Waals surface area contributed by atoms with Crippen LogP contribution in [0.15, 0.2) is 58.1 Å². The van der Waals surface area contributed by atoms with Gasteiger partial charge in [0.2, 0.25) is 0 Å². The molecule has 4 N–H and O–H groups in total. The number of rotatable bonds is 5. The molecule has 2 amide bonds. The third-order valence-corrected chi connectivity index (χ3v) is 3.54. The van der Waals surface area contributed by atoms with E-state index in [1.807, 2.05) is 0 Å². The lowest BCUT2D eigenvalue weighted by Crippen LogP contribution is -2.17. The van der Waals surface area contributed by atoms with E-state index in [2.05, 4.69) is 26.5 Å². The third kappa shape index (κ3) is 5.55. The highest BCUT2D eigenvalue weighted by Gasteiger charge is 2.05. The van der Waals surface area contributed by atoms with Gasteiger partial charge in [0.1, 0.15) is 5.75 Å². The number of nitrogens with zero attached hydrogens (tertiary/aromatic N) is 1. The average Bonchev–Trinajstić information content (AvgIpc) is 2.62. The second-order valence-corrected chi connectivity index (χ2v) is 5.75. The summed E-state index contributed by atoms with van der Waals surface area (Å²) in [5, 5.41) is 21.9. The summed E-state index contributed by atoms with van der Waals surface area (Å²) in [6, 6.07) is 11.3. The van der Waals surface area contributed by atoms with Gasteiger partial charge < -0.3 is 5.11 Å². The number of halogens is 1. The Morgan fingerprint density at radius 2 is 1.96 bits per heavy atom. The van der Waals surface area contributed by atoms with Crippen molar-refractivity contribution in [3.63, 3.8) is 0 Å². The summed E-state index contributed by atoms with van der Waals surface area (Å²) in [4.78, 5) is 23.1. The number of hydrazone groups is 1. The molecule has 0 spiro atoms. The summed E-state index contributed by atoms with van der Waals surface area (Å²) in [5.74, 6) is -1.09. The first kappa shape index (κ1) is 18.4. The van der Waals surface area contributed by atoms with Gasteiger partial charge in [-0.2, -0.15) is 5.10 Å². The minimum absolute atomic E-state index is 0.0375. The van der Waals surface area contributed by atoms with Crippen LogP contribution in [0.25, 0.3) is 6.08 Å². The van der Waals surface area contributed by atoms with Gasteiger partial charge in [-0.1, -0.05) is 28.1 Å². The second kappa shape index (κ2) is 8.76. The van der Waals surface area contributed by atoms with Crippen LogP contribution in [0.3, 0.4) is 0 Å². The van der Waals surface area contributed by atoms with E-state index >= 15 is 0 Å². The first-order valence-electron chi connectivity index (χ1n) is 7.04. The first-order chi connectivity index (χ1) is 12.0. The number of hydrogen-bond donors (Lipinski definition) is 4. The van der Waals surface area contributed by atoms with Gasteiger partial charge in [0.15, 0.2) is 0 Å². The Kier molecular flexibility index (Phi) is 6.44. The van der Waals surface area contributed by atoms with E-state index in [4.69, 9.17) is 5.21 Å². The maximum absolute atomic E-state index is 12.1. The molecular formula is C17H14BrN3O4. The lowest BCUT2D eigenvalue weighted by Gasteiger charge is -2.02. The van der Waals surface area contributed by atoms with Crippen molar-refractivity contribution in [2.45, 2.75) is 0 Å². The predicted octanol–water partition coefficient (Wildman–Crippen LogP) is 2.44. The summed E-state index contributed by atoms with van der Waals surface area (Å²) < 4.78 is 0.768. The Bertz CT molecular complexity index is 850. The SMILES string of the molecule is O=C(/C=C/c1cccc(C(=O)N/N=C/c2cc(Br)ccc2O)c1)NO. The van der Waals surface area contributed by atoms with E-state index in [1.54, 1.807) is 36.4 Å². The van der Waals surface area contributed by atoms with Crippen LogP contribution in [0.2, 0.25) is 0 Å². The number of benzene rings is 2. The van der Waals surface area contributed by atoms with Crippen LogP contribution in [0.5, 0.6) is 5.75 Å². The van der Waals surface area contributed by atoms with E-state index in [-0.39, 0.29) is 5.75 Å². The van der Waals surface area contributed by atoms with Crippen LogP contribution in [0.1, 0.15) is 21.5 Å². The molecule has 2 rings (SSSR count). The smallest absolute Gasteiger partial charge is 0.271 e. The Morgan fingerprint density at radius 1 is 1.16 bits per heavy atom. The van der Waals surface area contributed by atoms with Gasteiger partial charge in [-0.25, -0.2) is 10.9 Å². The maximum atomic E-state index is 12.1. The topological polar surface area (TPSA) is 111 Å². The van der Waals surface area contributed by atoms with E-state index in [9.17, 15) is 14.7 Å². The number of amides is 2. The Hall–Kier alpha value is -2.97. The van der Waals surface area contributed by atoms with Crippen LogP contribution >= 0.6 is 15.9 Å². The molecule has 2 aromatic carbocycles. The van der Waals surface area contributed by atoms with Crippen molar-refractivity contribution in [2.75, 3.05) is 0 Å². The molecule has 128 valence electrons. The van der Waals surface area contributed by atoms with Crippen molar-refractivity contribution in [2.24, 2.45) is 5.10 Å². The molecule has 0 fully saturated rings. The summed E-state index contributed by atoms with van der Waals surface area (Å²) >= 11 is 3.28. The number of hydroxylamine groups is 1. The zero-order valence-corrected chi connectivity index (χ0v) is 14.4. The van der Waals surface area contributed by atoms with Gasteiger partial charge >= 0.3 is 0 Å². The fraction of sp³-hybridized carbons (Fsp3) is 0. The summed E-state index contributed by atoms with van der Waals surface area (Å²) in [7, 11) is 0. The van der Waals surface area contributed by atoms with Crippen molar-refractivity contribution < 1.29 is 19.9 Å². The molecule has 25 heavy (non-hydrogen) atoms. The quantitative estimate of drug-likeness (QED) is 0.266. The van der Waals surface area contributed by atoms with Gasteiger partial charge in [0, 0.05) is 21.7 Å². The van der Waals surface area contributed by atoms with Crippen molar-refractivity contribution in [1.82, 2.24) is 10.9 Å². The number of nitrogens with one attached hydrogen (secondary N) is 2. The molecule has 8 heteroatoms. The Labute approximate surface area is 151 Å². The zero-order chi connectivity index (χ0) is 18.2.